The number of aromatic carboxylic acids is 1. The Kier molecular flexibility index (Phi) is 6.44. The second-order valence-electron chi connectivity index (χ2n) is 8.84. The zero-order chi connectivity index (χ0) is 25.4. The van der Waals surface area contributed by atoms with Crippen LogP contribution in [0, 0.1) is 11.7 Å². The standard InChI is InChI=1S/C25H23ClFN5O4/c1-36-30-21-13-31(11-15(21)10-28-9-14-4-2-3-5-19(14)26)24-20(27)8-17-22(33)18(25(34)35)12-32(16-6-7-16)23(17)29-24/h2-5,8-9,12,15-16H,6-7,10-11,13H2,1H3,(H,34,35)/b28-9+,30-21-. The molecule has 3 heterocycles. The van der Waals surface area contributed by atoms with E-state index in [-0.39, 0.29) is 35.4 Å². The maximum atomic E-state index is 15.3. The number of aromatic nitrogens is 2. The van der Waals surface area contributed by atoms with E-state index >= 15 is 4.39 Å². The Morgan fingerprint density at radius 2 is 2.14 bits per heavy atom. The summed E-state index contributed by atoms with van der Waals surface area (Å²) < 4.78 is 17.0. The number of carboxylic acids is 1. The number of oxime groups is 1. The minimum Gasteiger partial charge on any atom is -0.477 e. The monoisotopic (exact) mass is 511 g/mol. The van der Waals surface area contributed by atoms with Gasteiger partial charge < -0.3 is 19.4 Å². The molecule has 0 bridgehead atoms. The highest BCUT2D eigenvalue weighted by Gasteiger charge is 2.33. The molecule has 9 nitrogen and oxygen atoms in total. The summed E-state index contributed by atoms with van der Waals surface area (Å²) in [5, 5.41) is 14.1. The van der Waals surface area contributed by atoms with Crippen LogP contribution in [0.2, 0.25) is 5.02 Å². The fraction of sp³-hybridized carbons (Fsp3) is 0.320. The maximum absolute atomic E-state index is 15.3. The number of aliphatic imine (C=N–C) groups is 1. The Balaban J connectivity index is 1.47. The van der Waals surface area contributed by atoms with E-state index in [1.807, 2.05) is 18.2 Å². The molecule has 1 N–H and O–H groups in total. The number of carboxylic acid groups (broad SMARTS) is 1. The molecule has 2 aromatic heterocycles. The van der Waals surface area contributed by atoms with Crippen molar-refractivity contribution < 1.29 is 19.1 Å². The topological polar surface area (TPSA) is 109 Å². The molecule has 186 valence electrons. The van der Waals surface area contributed by atoms with E-state index in [2.05, 4.69) is 15.1 Å². The van der Waals surface area contributed by atoms with Gasteiger partial charge in [-0.1, -0.05) is 35.0 Å². The van der Waals surface area contributed by atoms with Crippen molar-refractivity contribution >= 4 is 46.3 Å². The lowest BCUT2D eigenvalue weighted by Gasteiger charge is -2.19. The van der Waals surface area contributed by atoms with Crippen LogP contribution in [0.1, 0.15) is 34.8 Å². The van der Waals surface area contributed by atoms with Gasteiger partial charge in [-0.25, -0.2) is 14.2 Å². The lowest BCUT2D eigenvalue weighted by molar-refractivity contribution is 0.0695. The van der Waals surface area contributed by atoms with E-state index in [0.29, 0.717) is 23.8 Å². The highest BCUT2D eigenvalue weighted by molar-refractivity contribution is 6.33. The van der Waals surface area contributed by atoms with Gasteiger partial charge in [0.25, 0.3) is 0 Å². The lowest BCUT2D eigenvalue weighted by Crippen LogP contribution is -2.25. The predicted octanol–water partition coefficient (Wildman–Crippen LogP) is 3.78. The summed E-state index contributed by atoms with van der Waals surface area (Å²) in [6.45, 7) is 1.04. The fourth-order valence-electron chi connectivity index (χ4n) is 4.41. The van der Waals surface area contributed by atoms with Crippen molar-refractivity contribution in [3.05, 3.63) is 68.7 Å². The molecule has 1 aliphatic heterocycles. The van der Waals surface area contributed by atoms with Crippen molar-refractivity contribution in [2.45, 2.75) is 18.9 Å². The van der Waals surface area contributed by atoms with Gasteiger partial charge in [0.1, 0.15) is 18.3 Å². The van der Waals surface area contributed by atoms with Gasteiger partial charge in [-0.15, -0.1) is 0 Å². The molecule has 1 atom stereocenters. The number of benzene rings is 1. The highest BCUT2D eigenvalue weighted by Crippen LogP contribution is 2.37. The molecular formula is C25H23ClFN5O4. The van der Waals surface area contributed by atoms with Gasteiger partial charge in [-0.05, 0) is 25.0 Å². The van der Waals surface area contributed by atoms with E-state index in [4.69, 9.17) is 16.4 Å². The SMILES string of the molecule is CO/N=C1/CN(c2nc3c(cc2F)c(=O)c(C(=O)O)cn3C2CC2)CC1C/N=C/c1ccccc1Cl. The maximum Gasteiger partial charge on any atom is 0.341 e. The summed E-state index contributed by atoms with van der Waals surface area (Å²) >= 11 is 6.19. The molecule has 0 amide bonds. The third-order valence-electron chi connectivity index (χ3n) is 6.34. The first kappa shape index (κ1) is 23.9. The summed E-state index contributed by atoms with van der Waals surface area (Å²) in [5.41, 5.74) is 0.614. The van der Waals surface area contributed by atoms with Crippen LogP contribution in [0.5, 0.6) is 0 Å². The zero-order valence-corrected chi connectivity index (χ0v) is 20.2. The molecular weight excluding hydrogens is 489 g/mol. The first-order valence-corrected chi connectivity index (χ1v) is 11.8. The second-order valence-corrected chi connectivity index (χ2v) is 9.25. The van der Waals surface area contributed by atoms with Crippen LogP contribution < -0.4 is 10.3 Å². The van der Waals surface area contributed by atoms with Crippen molar-refractivity contribution in [1.82, 2.24) is 9.55 Å². The molecule has 1 saturated heterocycles. The quantitative estimate of drug-likeness (QED) is 0.382. The van der Waals surface area contributed by atoms with Gasteiger partial charge in [-0.2, -0.15) is 0 Å². The van der Waals surface area contributed by atoms with E-state index in [9.17, 15) is 14.7 Å². The van der Waals surface area contributed by atoms with E-state index in [1.165, 1.54) is 13.3 Å². The smallest absolute Gasteiger partial charge is 0.341 e. The van der Waals surface area contributed by atoms with Crippen molar-refractivity contribution in [3.8, 4) is 0 Å². The van der Waals surface area contributed by atoms with Crippen LogP contribution in [-0.2, 0) is 4.84 Å². The number of hydrogen-bond donors (Lipinski definition) is 1. The van der Waals surface area contributed by atoms with E-state index in [0.717, 1.165) is 24.5 Å². The van der Waals surface area contributed by atoms with Crippen LogP contribution in [0.15, 0.2) is 51.5 Å². The molecule has 2 fully saturated rings. The number of pyridine rings is 2. The zero-order valence-electron chi connectivity index (χ0n) is 19.4. The van der Waals surface area contributed by atoms with Gasteiger partial charge in [0.05, 0.1) is 17.6 Å². The molecule has 1 aromatic carbocycles. The van der Waals surface area contributed by atoms with Crippen molar-refractivity contribution in [2.24, 2.45) is 16.1 Å². The Labute approximate surface area is 210 Å². The molecule has 11 heteroatoms. The van der Waals surface area contributed by atoms with E-state index in [1.54, 1.807) is 21.7 Å². The normalized spacial score (nSPS) is 19.0. The Morgan fingerprint density at radius 1 is 1.36 bits per heavy atom. The van der Waals surface area contributed by atoms with Crippen LogP contribution in [0.25, 0.3) is 11.0 Å². The Hall–Kier alpha value is -3.79. The third kappa shape index (κ3) is 4.56. The number of nitrogens with zero attached hydrogens (tertiary/aromatic N) is 5. The number of halogens is 2. The molecule has 0 radical (unpaired) electrons. The average molecular weight is 512 g/mol. The first-order valence-electron chi connectivity index (χ1n) is 11.4. The number of fused-ring (bicyclic) bond motifs is 1. The fourth-order valence-corrected chi connectivity index (χ4v) is 4.59. The summed E-state index contributed by atoms with van der Waals surface area (Å²) in [4.78, 5) is 40.1. The minimum atomic E-state index is -1.35. The van der Waals surface area contributed by atoms with Gasteiger partial charge in [0.15, 0.2) is 11.6 Å². The van der Waals surface area contributed by atoms with Gasteiger partial charge in [0, 0.05) is 48.0 Å². The molecule has 0 spiro atoms. The molecule has 2 aliphatic rings. The minimum absolute atomic E-state index is 0.0353. The first-order chi connectivity index (χ1) is 17.4. The molecule has 36 heavy (non-hydrogen) atoms. The largest absolute Gasteiger partial charge is 0.477 e. The molecule has 1 aliphatic carbocycles. The van der Waals surface area contributed by atoms with Crippen LogP contribution in [-0.4, -0.2) is 59.3 Å². The third-order valence-corrected chi connectivity index (χ3v) is 6.69. The summed E-state index contributed by atoms with van der Waals surface area (Å²) in [5.74, 6) is -2.14. The summed E-state index contributed by atoms with van der Waals surface area (Å²) in [6.07, 6.45) is 4.68. The predicted molar refractivity (Wildman–Crippen MR) is 135 cm³/mol. The molecule has 3 aromatic rings. The van der Waals surface area contributed by atoms with E-state index < -0.39 is 22.8 Å². The summed E-state index contributed by atoms with van der Waals surface area (Å²) in [6, 6.07) is 8.48. The van der Waals surface area contributed by atoms with Crippen molar-refractivity contribution in [3.63, 3.8) is 0 Å². The second kappa shape index (κ2) is 9.69. The molecule has 1 unspecified atom stereocenters. The highest BCUT2D eigenvalue weighted by atomic mass is 35.5. The Bertz CT molecular complexity index is 1470. The Morgan fingerprint density at radius 3 is 2.83 bits per heavy atom. The average Bonchev–Trinajstić information content (AvgIpc) is 3.62. The van der Waals surface area contributed by atoms with Crippen molar-refractivity contribution in [1.29, 1.82) is 0 Å². The number of hydrogen-bond acceptors (Lipinski definition) is 7. The number of anilines is 1. The van der Waals surface area contributed by atoms with Crippen LogP contribution >= 0.6 is 11.6 Å². The number of carbonyl (C=O) groups is 1. The van der Waals surface area contributed by atoms with Gasteiger partial charge in [-0.3, -0.25) is 9.79 Å². The number of rotatable bonds is 7. The van der Waals surface area contributed by atoms with Crippen LogP contribution in [0.4, 0.5) is 10.2 Å². The van der Waals surface area contributed by atoms with Crippen molar-refractivity contribution in [2.75, 3.05) is 31.6 Å². The molecule has 1 saturated carbocycles. The van der Waals surface area contributed by atoms with Gasteiger partial charge >= 0.3 is 5.97 Å². The van der Waals surface area contributed by atoms with Crippen LogP contribution in [0.3, 0.4) is 0 Å². The molecule has 5 rings (SSSR count). The summed E-state index contributed by atoms with van der Waals surface area (Å²) in [7, 11) is 1.45. The lowest BCUT2D eigenvalue weighted by atomic mass is 10.1. The van der Waals surface area contributed by atoms with Gasteiger partial charge in [0.2, 0.25) is 5.43 Å².